The molecule has 0 amide bonds. The van der Waals surface area contributed by atoms with Crippen LogP contribution in [0.15, 0.2) is 25.3 Å². The van der Waals surface area contributed by atoms with E-state index in [4.69, 9.17) is 21.7 Å². The lowest BCUT2D eigenvalue weighted by Gasteiger charge is -2.24. The van der Waals surface area contributed by atoms with Crippen LogP contribution in [0, 0.1) is 0 Å². The predicted octanol–water partition coefficient (Wildman–Crippen LogP) is 2.56. The number of nitrogens with zero attached hydrogens (tertiary/aromatic N) is 1. The van der Waals surface area contributed by atoms with E-state index in [2.05, 4.69) is 13.2 Å². The molecule has 0 saturated carbocycles. The molecule has 0 heterocycles. The van der Waals surface area contributed by atoms with Gasteiger partial charge in [-0.15, -0.1) is 13.2 Å². The maximum Gasteiger partial charge on any atom is 0.320 e. The molecule has 0 spiro atoms. The van der Waals surface area contributed by atoms with Crippen molar-refractivity contribution in [1.29, 1.82) is 0 Å². The lowest BCUT2D eigenvalue weighted by Crippen LogP contribution is -2.32. The highest BCUT2D eigenvalue weighted by atomic mass is 32.2. The van der Waals surface area contributed by atoms with Crippen LogP contribution in [0.2, 0.25) is 0 Å². The summed E-state index contributed by atoms with van der Waals surface area (Å²) in [4.78, 5) is 25.5. The van der Waals surface area contributed by atoms with Crippen LogP contribution in [0.1, 0.15) is 20.3 Å². The molecule has 0 aromatic rings. The number of ether oxygens (including phenoxy) is 2. The second-order valence-electron chi connectivity index (χ2n) is 4.12. The summed E-state index contributed by atoms with van der Waals surface area (Å²) in [6, 6.07) is 0. The monoisotopic (exact) mass is 345 g/mol. The van der Waals surface area contributed by atoms with Gasteiger partial charge in [0.15, 0.2) is 0 Å². The Kier molecular flexibility index (Phi) is 11.5. The highest BCUT2D eigenvalue weighted by molar-refractivity contribution is 8.23. The number of hydrogen-bond acceptors (Lipinski definition) is 6. The van der Waals surface area contributed by atoms with Crippen LogP contribution >= 0.6 is 24.0 Å². The van der Waals surface area contributed by atoms with Gasteiger partial charge >= 0.3 is 11.9 Å². The summed E-state index contributed by atoms with van der Waals surface area (Å²) in [5.74, 6) is -0.921. The number of thiocarbonyl (C=S) groups is 1. The van der Waals surface area contributed by atoms with E-state index in [1.54, 1.807) is 26.0 Å². The molecule has 0 aromatic heterocycles. The molecule has 124 valence electrons. The van der Waals surface area contributed by atoms with Gasteiger partial charge in [-0.3, -0.25) is 9.59 Å². The Hall–Kier alpha value is -1.34. The molecule has 0 N–H and O–H groups in total. The van der Waals surface area contributed by atoms with Gasteiger partial charge in [0.25, 0.3) is 0 Å². The number of hydrogen-bond donors (Lipinski definition) is 0. The molecule has 0 fully saturated rings. The van der Waals surface area contributed by atoms with Crippen molar-refractivity contribution in [2.24, 2.45) is 0 Å². The van der Waals surface area contributed by atoms with E-state index in [1.165, 1.54) is 0 Å². The van der Waals surface area contributed by atoms with Gasteiger partial charge in [0.05, 0.1) is 19.6 Å². The second-order valence-corrected chi connectivity index (χ2v) is 5.95. The van der Waals surface area contributed by atoms with Gasteiger partial charge in [-0.1, -0.05) is 36.1 Å². The van der Waals surface area contributed by atoms with E-state index in [9.17, 15) is 9.59 Å². The van der Waals surface area contributed by atoms with Crippen LogP contribution in [-0.4, -0.2) is 52.7 Å². The summed E-state index contributed by atoms with van der Waals surface area (Å²) in [5.41, 5.74) is 0. The van der Waals surface area contributed by atoms with E-state index in [0.29, 0.717) is 17.4 Å². The molecule has 22 heavy (non-hydrogen) atoms. The van der Waals surface area contributed by atoms with Crippen LogP contribution in [0.25, 0.3) is 0 Å². The molecule has 0 aliphatic rings. The fraction of sp³-hybridized carbons (Fsp3) is 0.533. The summed E-state index contributed by atoms with van der Waals surface area (Å²) < 4.78 is 10.4. The van der Waals surface area contributed by atoms with Gasteiger partial charge in [0.2, 0.25) is 0 Å². The zero-order chi connectivity index (χ0) is 17.0. The number of thioether (sulfide) groups is 1. The van der Waals surface area contributed by atoms with Crippen LogP contribution in [0.4, 0.5) is 0 Å². The summed E-state index contributed by atoms with van der Waals surface area (Å²) >= 11 is 6.46. The first-order chi connectivity index (χ1) is 10.5. The molecule has 7 heteroatoms. The van der Waals surface area contributed by atoms with Crippen molar-refractivity contribution in [3.63, 3.8) is 0 Å². The summed E-state index contributed by atoms with van der Waals surface area (Å²) in [7, 11) is 0. The zero-order valence-electron chi connectivity index (χ0n) is 13.1. The Morgan fingerprint density at radius 3 is 2.18 bits per heavy atom. The smallest absolute Gasteiger partial charge is 0.320 e. The Morgan fingerprint density at radius 2 is 1.73 bits per heavy atom. The van der Waals surface area contributed by atoms with E-state index in [0.717, 1.165) is 11.8 Å². The highest BCUT2D eigenvalue weighted by Crippen LogP contribution is 2.21. The zero-order valence-corrected chi connectivity index (χ0v) is 14.7. The van der Waals surface area contributed by atoms with Gasteiger partial charge in [-0.2, -0.15) is 0 Å². The first-order valence-electron chi connectivity index (χ1n) is 6.99. The van der Waals surface area contributed by atoms with Gasteiger partial charge in [-0.25, -0.2) is 0 Å². The maximum atomic E-state index is 12.0. The Labute approximate surface area is 141 Å². The minimum Gasteiger partial charge on any atom is -0.466 e. The quantitative estimate of drug-likeness (QED) is 0.343. The molecule has 1 unspecified atom stereocenters. The van der Waals surface area contributed by atoms with Crippen molar-refractivity contribution in [1.82, 2.24) is 4.90 Å². The van der Waals surface area contributed by atoms with Gasteiger partial charge in [0, 0.05) is 13.1 Å². The molecule has 0 rings (SSSR count). The average molecular weight is 345 g/mol. The molecular formula is C15H23NO4S2. The van der Waals surface area contributed by atoms with Crippen molar-refractivity contribution >= 4 is 40.2 Å². The van der Waals surface area contributed by atoms with E-state index in [-0.39, 0.29) is 19.6 Å². The fourth-order valence-electron chi connectivity index (χ4n) is 1.51. The van der Waals surface area contributed by atoms with Crippen molar-refractivity contribution < 1.29 is 19.1 Å². The Balaban J connectivity index is 4.88. The first kappa shape index (κ1) is 20.7. The van der Waals surface area contributed by atoms with Crippen LogP contribution in [0.5, 0.6) is 0 Å². The van der Waals surface area contributed by atoms with E-state index in [1.807, 2.05) is 4.90 Å². The topological polar surface area (TPSA) is 55.8 Å². The maximum absolute atomic E-state index is 12.0. The first-order valence-corrected chi connectivity index (χ1v) is 8.28. The van der Waals surface area contributed by atoms with Crippen molar-refractivity contribution in [2.45, 2.75) is 25.5 Å². The third-order valence-electron chi connectivity index (χ3n) is 2.41. The van der Waals surface area contributed by atoms with Gasteiger partial charge < -0.3 is 14.4 Å². The summed E-state index contributed by atoms with van der Waals surface area (Å²) in [5, 5.41) is -0.719. The van der Waals surface area contributed by atoms with Crippen LogP contribution in [0.3, 0.4) is 0 Å². The third-order valence-corrected chi connectivity index (χ3v) is 4.06. The predicted molar refractivity (Wildman–Crippen MR) is 93.8 cm³/mol. The largest absolute Gasteiger partial charge is 0.466 e. The van der Waals surface area contributed by atoms with E-state index < -0.39 is 17.2 Å². The molecule has 0 aliphatic heterocycles. The molecular weight excluding hydrogens is 322 g/mol. The molecule has 0 radical (unpaired) electrons. The lowest BCUT2D eigenvalue weighted by molar-refractivity contribution is -0.149. The van der Waals surface area contributed by atoms with E-state index >= 15 is 0 Å². The van der Waals surface area contributed by atoms with Crippen LogP contribution < -0.4 is 0 Å². The molecule has 0 aliphatic carbocycles. The average Bonchev–Trinajstić information content (AvgIpc) is 2.46. The summed E-state index contributed by atoms with van der Waals surface area (Å²) in [6.45, 7) is 12.3. The SMILES string of the molecule is C=CCN(CC=C)C(=S)SC(CC(=O)OCC)C(=O)OCC. The summed E-state index contributed by atoms with van der Waals surface area (Å²) in [6.07, 6.45) is 3.34. The number of rotatable bonds is 10. The van der Waals surface area contributed by atoms with Gasteiger partial charge in [0.1, 0.15) is 9.57 Å². The number of carbonyl (C=O) groups is 2. The lowest BCUT2D eigenvalue weighted by atomic mass is 10.3. The molecule has 0 aromatic carbocycles. The van der Waals surface area contributed by atoms with Crippen molar-refractivity contribution in [3.8, 4) is 0 Å². The standard InChI is InChI=1S/C15H23NO4S2/c1-5-9-16(10-6-2)15(21)22-12(14(18)20-8-4)11-13(17)19-7-3/h5-6,12H,1-2,7-11H2,3-4H3. The Morgan fingerprint density at radius 1 is 1.18 bits per heavy atom. The normalized spacial score (nSPS) is 11.2. The minimum atomic E-state index is -0.719. The number of carbonyl (C=O) groups excluding carboxylic acids is 2. The second kappa shape index (κ2) is 12.2. The van der Waals surface area contributed by atoms with Crippen molar-refractivity contribution in [3.05, 3.63) is 25.3 Å². The van der Waals surface area contributed by atoms with Crippen LogP contribution in [-0.2, 0) is 19.1 Å². The highest BCUT2D eigenvalue weighted by Gasteiger charge is 2.27. The third kappa shape index (κ3) is 8.19. The molecule has 0 saturated heterocycles. The molecule has 0 bridgehead atoms. The van der Waals surface area contributed by atoms with Gasteiger partial charge in [-0.05, 0) is 13.8 Å². The Bertz CT molecular complexity index is 402. The fourth-order valence-corrected chi connectivity index (χ4v) is 2.93. The molecule has 5 nitrogen and oxygen atoms in total. The molecule has 1 atom stereocenters. The minimum absolute atomic E-state index is 0.0759. The van der Waals surface area contributed by atoms with Crippen molar-refractivity contribution in [2.75, 3.05) is 26.3 Å². The number of esters is 2.